The molecule has 100 valence electrons. The van der Waals surface area contributed by atoms with Gasteiger partial charge in [-0.3, -0.25) is 4.99 Å². The Morgan fingerprint density at radius 2 is 2.00 bits per heavy atom. The monoisotopic (exact) mass is 239 g/mol. The average molecular weight is 239 g/mol. The van der Waals surface area contributed by atoms with Crippen molar-refractivity contribution in [3.63, 3.8) is 0 Å². The van der Waals surface area contributed by atoms with Crippen LogP contribution >= 0.6 is 0 Å². The summed E-state index contributed by atoms with van der Waals surface area (Å²) in [6.45, 7) is 8.56. The highest BCUT2D eigenvalue weighted by Gasteiger charge is 2.15. The van der Waals surface area contributed by atoms with Crippen molar-refractivity contribution in [2.24, 2.45) is 10.9 Å². The molecule has 1 saturated carbocycles. The summed E-state index contributed by atoms with van der Waals surface area (Å²) in [6, 6.07) is 0.651. The first-order chi connectivity index (χ1) is 8.22. The Morgan fingerprint density at radius 3 is 2.59 bits per heavy atom. The predicted octanol–water partition coefficient (Wildman–Crippen LogP) is 2.92. The van der Waals surface area contributed by atoms with Gasteiger partial charge < -0.3 is 10.6 Å². The Balaban J connectivity index is 2.27. The van der Waals surface area contributed by atoms with E-state index in [1.54, 1.807) is 0 Å². The van der Waals surface area contributed by atoms with Crippen LogP contribution in [0.2, 0.25) is 0 Å². The van der Waals surface area contributed by atoms with Gasteiger partial charge in [-0.1, -0.05) is 26.7 Å². The first-order valence-electron chi connectivity index (χ1n) is 7.27. The third-order valence-electron chi connectivity index (χ3n) is 3.25. The zero-order valence-electron chi connectivity index (χ0n) is 11.8. The maximum atomic E-state index is 4.64. The minimum absolute atomic E-state index is 0.651. The van der Waals surface area contributed by atoms with E-state index in [0.29, 0.717) is 6.04 Å². The standard InChI is InChI=1S/C14H29N3/c1-4-15-14(16-11-7-8-12(2)3)17-13-9-5-6-10-13/h12-13H,4-11H2,1-3H3,(H2,15,16,17). The van der Waals surface area contributed by atoms with E-state index in [-0.39, 0.29) is 0 Å². The Kier molecular flexibility index (Phi) is 7.06. The molecule has 0 bridgehead atoms. The van der Waals surface area contributed by atoms with Crippen molar-refractivity contribution in [1.82, 2.24) is 10.6 Å². The number of hydrogen-bond donors (Lipinski definition) is 2. The van der Waals surface area contributed by atoms with Gasteiger partial charge in [0.2, 0.25) is 0 Å². The van der Waals surface area contributed by atoms with Crippen LogP contribution in [0.1, 0.15) is 59.3 Å². The molecular formula is C14H29N3. The van der Waals surface area contributed by atoms with Gasteiger partial charge in [0.15, 0.2) is 5.96 Å². The highest BCUT2D eigenvalue weighted by molar-refractivity contribution is 5.80. The zero-order valence-corrected chi connectivity index (χ0v) is 11.8. The fourth-order valence-corrected chi connectivity index (χ4v) is 2.27. The third-order valence-corrected chi connectivity index (χ3v) is 3.25. The van der Waals surface area contributed by atoms with Crippen LogP contribution in [0, 0.1) is 5.92 Å². The SMILES string of the molecule is CCNC(=NCCCC(C)C)NC1CCCC1. The van der Waals surface area contributed by atoms with Gasteiger partial charge in [0.25, 0.3) is 0 Å². The van der Waals surface area contributed by atoms with E-state index < -0.39 is 0 Å². The summed E-state index contributed by atoms with van der Waals surface area (Å²) in [7, 11) is 0. The fraction of sp³-hybridized carbons (Fsp3) is 0.929. The second kappa shape index (κ2) is 8.37. The quantitative estimate of drug-likeness (QED) is 0.425. The lowest BCUT2D eigenvalue weighted by Gasteiger charge is -2.16. The molecule has 0 heterocycles. The summed E-state index contributed by atoms with van der Waals surface area (Å²) >= 11 is 0. The van der Waals surface area contributed by atoms with Gasteiger partial charge in [-0.05, 0) is 38.5 Å². The number of hydrogen-bond acceptors (Lipinski definition) is 1. The van der Waals surface area contributed by atoms with E-state index in [1.807, 2.05) is 0 Å². The van der Waals surface area contributed by atoms with Crippen molar-refractivity contribution in [2.45, 2.75) is 65.3 Å². The van der Waals surface area contributed by atoms with Gasteiger partial charge in [0.1, 0.15) is 0 Å². The lowest BCUT2D eigenvalue weighted by molar-refractivity contribution is 0.558. The van der Waals surface area contributed by atoms with E-state index in [1.165, 1.54) is 38.5 Å². The first kappa shape index (κ1) is 14.3. The van der Waals surface area contributed by atoms with Gasteiger partial charge in [0, 0.05) is 19.1 Å². The predicted molar refractivity (Wildman–Crippen MR) is 75.4 cm³/mol. The lowest BCUT2D eigenvalue weighted by Crippen LogP contribution is -2.42. The van der Waals surface area contributed by atoms with Crippen molar-refractivity contribution >= 4 is 5.96 Å². The van der Waals surface area contributed by atoms with Crippen LogP contribution in [-0.2, 0) is 0 Å². The van der Waals surface area contributed by atoms with Crippen molar-refractivity contribution in [3.8, 4) is 0 Å². The molecule has 0 atom stereocenters. The van der Waals surface area contributed by atoms with E-state index in [2.05, 4.69) is 36.4 Å². The molecule has 0 saturated heterocycles. The number of rotatable bonds is 6. The second-order valence-corrected chi connectivity index (χ2v) is 5.42. The Labute approximate surface area is 106 Å². The van der Waals surface area contributed by atoms with Crippen LogP contribution in [0.15, 0.2) is 4.99 Å². The Morgan fingerprint density at radius 1 is 1.29 bits per heavy atom. The number of guanidine groups is 1. The maximum absolute atomic E-state index is 4.64. The minimum atomic E-state index is 0.651. The molecule has 0 unspecified atom stereocenters. The summed E-state index contributed by atoms with van der Waals surface area (Å²) in [5.74, 6) is 1.80. The molecule has 0 spiro atoms. The zero-order chi connectivity index (χ0) is 12.5. The fourth-order valence-electron chi connectivity index (χ4n) is 2.27. The molecule has 0 amide bonds. The maximum Gasteiger partial charge on any atom is 0.191 e. The molecule has 3 nitrogen and oxygen atoms in total. The van der Waals surface area contributed by atoms with Gasteiger partial charge in [-0.25, -0.2) is 0 Å². The second-order valence-electron chi connectivity index (χ2n) is 5.42. The van der Waals surface area contributed by atoms with Crippen LogP contribution in [0.5, 0.6) is 0 Å². The van der Waals surface area contributed by atoms with Gasteiger partial charge >= 0.3 is 0 Å². The molecule has 17 heavy (non-hydrogen) atoms. The largest absolute Gasteiger partial charge is 0.357 e. The Hall–Kier alpha value is -0.730. The normalized spacial score (nSPS) is 17.8. The molecule has 0 radical (unpaired) electrons. The average Bonchev–Trinajstić information content (AvgIpc) is 2.77. The van der Waals surface area contributed by atoms with E-state index in [9.17, 15) is 0 Å². The number of nitrogens with one attached hydrogen (secondary N) is 2. The van der Waals surface area contributed by atoms with Gasteiger partial charge in [0.05, 0.1) is 0 Å². The molecule has 1 aliphatic carbocycles. The molecule has 1 fully saturated rings. The molecule has 1 rings (SSSR count). The Bertz CT molecular complexity index is 218. The number of nitrogens with zero attached hydrogens (tertiary/aromatic N) is 1. The molecule has 0 aromatic rings. The van der Waals surface area contributed by atoms with Gasteiger partial charge in [-0.15, -0.1) is 0 Å². The molecule has 0 aliphatic heterocycles. The highest BCUT2D eigenvalue weighted by Crippen LogP contribution is 2.17. The summed E-state index contributed by atoms with van der Waals surface area (Å²) in [6.07, 6.45) is 7.80. The van der Waals surface area contributed by atoms with Crippen molar-refractivity contribution in [1.29, 1.82) is 0 Å². The van der Waals surface area contributed by atoms with Crippen LogP contribution in [-0.4, -0.2) is 25.1 Å². The number of aliphatic imine (C=N–C) groups is 1. The molecule has 0 aromatic heterocycles. The molecule has 2 N–H and O–H groups in total. The molecule has 3 heteroatoms. The van der Waals surface area contributed by atoms with Gasteiger partial charge in [-0.2, -0.15) is 0 Å². The van der Waals surface area contributed by atoms with Crippen molar-refractivity contribution in [2.75, 3.05) is 13.1 Å². The molecule has 0 aromatic carbocycles. The lowest BCUT2D eigenvalue weighted by atomic mass is 10.1. The van der Waals surface area contributed by atoms with Crippen LogP contribution in [0.3, 0.4) is 0 Å². The van der Waals surface area contributed by atoms with Crippen molar-refractivity contribution in [3.05, 3.63) is 0 Å². The van der Waals surface area contributed by atoms with Crippen molar-refractivity contribution < 1.29 is 0 Å². The van der Waals surface area contributed by atoms with Crippen LogP contribution < -0.4 is 10.6 Å². The smallest absolute Gasteiger partial charge is 0.191 e. The molecule has 1 aliphatic rings. The summed E-state index contributed by atoms with van der Waals surface area (Å²) in [4.78, 5) is 4.64. The highest BCUT2D eigenvalue weighted by atomic mass is 15.2. The van der Waals surface area contributed by atoms with E-state index in [0.717, 1.165) is 25.0 Å². The van der Waals surface area contributed by atoms with E-state index >= 15 is 0 Å². The third kappa shape index (κ3) is 6.54. The minimum Gasteiger partial charge on any atom is -0.357 e. The topological polar surface area (TPSA) is 36.4 Å². The first-order valence-corrected chi connectivity index (χ1v) is 7.27. The molecular weight excluding hydrogens is 210 g/mol. The van der Waals surface area contributed by atoms with E-state index in [4.69, 9.17) is 0 Å². The summed E-state index contributed by atoms with van der Waals surface area (Å²) in [5.41, 5.74) is 0. The summed E-state index contributed by atoms with van der Waals surface area (Å²) < 4.78 is 0. The summed E-state index contributed by atoms with van der Waals surface area (Å²) in [5, 5.41) is 6.88. The van der Waals surface area contributed by atoms with Crippen LogP contribution in [0.4, 0.5) is 0 Å². The van der Waals surface area contributed by atoms with Crippen LogP contribution in [0.25, 0.3) is 0 Å².